The zero-order valence-corrected chi connectivity index (χ0v) is 18.2. The third kappa shape index (κ3) is 3.30. The Labute approximate surface area is 178 Å². The summed E-state index contributed by atoms with van der Waals surface area (Å²) in [6.07, 6.45) is -0.944. The molecule has 5 atom stereocenters. The smallest absolute Gasteiger partial charge is 0.357 e. The van der Waals surface area contributed by atoms with Crippen molar-refractivity contribution in [2.45, 2.75) is 44.7 Å². The number of hydrogen-bond donors (Lipinski definition) is 2. The number of rotatable bonds is 7. The van der Waals surface area contributed by atoms with E-state index in [0.717, 1.165) is 4.90 Å². The van der Waals surface area contributed by atoms with Crippen LogP contribution in [0.2, 0.25) is 0 Å². The maximum atomic E-state index is 13.6. The van der Waals surface area contributed by atoms with Crippen LogP contribution in [-0.4, -0.2) is 67.6 Å². The van der Waals surface area contributed by atoms with Crippen LogP contribution in [0.1, 0.15) is 38.1 Å². The summed E-state index contributed by atoms with van der Waals surface area (Å²) in [5.41, 5.74) is -0.0607. The maximum Gasteiger partial charge on any atom is 0.357 e. The Morgan fingerprint density at radius 2 is 1.87 bits per heavy atom. The number of aliphatic hydroxyl groups excluding tert-OH is 1. The van der Waals surface area contributed by atoms with Gasteiger partial charge in [0.25, 0.3) is 5.91 Å². The molecule has 0 aromatic heterocycles. The van der Waals surface area contributed by atoms with Gasteiger partial charge in [-0.3, -0.25) is 14.5 Å². The van der Waals surface area contributed by atoms with Gasteiger partial charge >= 0.3 is 5.97 Å². The number of fused-ring (bicyclic) bond motifs is 1. The van der Waals surface area contributed by atoms with Crippen LogP contribution in [0.3, 0.4) is 0 Å². The Morgan fingerprint density at radius 1 is 1.27 bits per heavy atom. The second-order valence-electron chi connectivity index (χ2n) is 7.51. The van der Waals surface area contributed by atoms with Crippen LogP contribution in [-0.2, 0) is 20.8 Å². The van der Waals surface area contributed by atoms with Crippen LogP contribution in [0.4, 0.5) is 0 Å². The lowest BCUT2D eigenvalue weighted by molar-refractivity contribution is -0.163. The van der Waals surface area contributed by atoms with Crippen LogP contribution in [0.25, 0.3) is 0 Å². The molecule has 1 aromatic rings. The second-order valence-corrected chi connectivity index (χ2v) is 8.93. The molecule has 2 heterocycles. The number of carbonyl (C=O) groups excluding carboxylic acids is 2. The molecule has 1 fully saturated rings. The van der Waals surface area contributed by atoms with Gasteiger partial charge in [-0.1, -0.05) is 19.1 Å². The number of nitrogens with zero attached hydrogens (tertiary/aromatic N) is 2. The highest BCUT2D eigenvalue weighted by molar-refractivity contribution is 7.95. The van der Waals surface area contributed by atoms with E-state index in [2.05, 4.69) is 0 Å². The first-order valence-electron chi connectivity index (χ1n) is 9.95. The van der Waals surface area contributed by atoms with E-state index < -0.39 is 47.0 Å². The molecule has 0 saturated carbocycles. The number of carbonyl (C=O) groups is 3. The molecule has 0 aliphatic carbocycles. The van der Waals surface area contributed by atoms with Crippen LogP contribution >= 0.6 is 0 Å². The fourth-order valence-corrected chi connectivity index (χ4v) is 6.01. The van der Waals surface area contributed by atoms with Crippen LogP contribution in [0.15, 0.2) is 39.8 Å². The molecule has 1 aromatic carbocycles. The van der Waals surface area contributed by atoms with Crippen LogP contribution in [0.5, 0.6) is 0 Å². The van der Waals surface area contributed by atoms with E-state index in [-0.39, 0.29) is 27.0 Å². The van der Waals surface area contributed by atoms with E-state index in [4.69, 9.17) is 0 Å². The van der Waals surface area contributed by atoms with Crippen molar-refractivity contribution < 1.29 is 29.1 Å². The summed E-state index contributed by atoms with van der Waals surface area (Å²) >= 11 is -1.96. The van der Waals surface area contributed by atoms with E-state index in [1.807, 2.05) is 13.8 Å². The third-order valence-corrected chi connectivity index (χ3v) is 7.60. The Kier molecular flexibility index (Phi) is 6.26. The maximum absolute atomic E-state index is 13.6. The molecule has 1 unspecified atom stereocenters. The lowest BCUT2D eigenvalue weighted by Gasteiger charge is -2.45. The molecule has 1 saturated heterocycles. The van der Waals surface area contributed by atoms with Crippen molar-refractivity contribution >= 4 is 29.0 Å². The number of aliphatic hydroxyl groups is 1. The Hall–Kier alpha value is -2.36. The summed E-state index contributed by atoms with van der Waals surface area (Å²) < 4.78 is 13.6. The quantitative estimate of drug-likeness (QED) is 0.495. The lowest BCUT2D eigenvalue weighted by atomic mass is 9.79. The highest BCUT2D eigenvalue weighted by Gasteiger charge is 2.63. The van der Waals surface area contributed by atoms with Crippen molar-refractivity contribution in [1.82, 2.24) is 9.80 Å². The highest BCUT2D eigenvalue weighted by atomic mass is 32.2. The first-order chi connectivity index (χ1) is 14.2. The van der Waals surface area contributed by atoms with Gasteiger partial charge in [0.15, 0.2) is 15.5 Å². The Morgan fingerprint density at radius 3 is 2.40 bits per heavy atom. The fourth-order valence-electron chi connectivity index (χ4n) is 4.38. The molecule has 0 bridgehead atoms. The van der Waals surface area contributed by atoms with Crippen molar-refractivity contribution in [1.29, 1.82) is 0 Å². The molecule has 3 rings (SSSR count). The van der Waals surface area contributed by atoms with E-state index in [9.17, 15) is 29.1 Å². The minimum Gasteiger partial charge on any atom is -0.607 e. The normalized spacial score (nSPS) is 24.9. The van der Waals surface area contributed by atoms with Crippen molar-refractivity contribution in [3.05, 3.63) is 40.4 Å². The minimum absolute atomic E-state index is 0.101. The number of carboxylic acids is 1. The predicted octanol–water partition coefficient (Wildman–Crippen LogP) is 1.43. The van der Waals surface area contributed by atoms with Gasteiger partial charge in [-0.25, -0.2) is 4.79 Å². The van der Waals surface area contributed by atoms with Gasteiger partial charge in [-0.05, 0) is 32.9 Å². The number of aliphatic carboxylic acids is 1. The van der Waals surface area contributed by atoms with Gasteiger partial charge in [0, 0.05) is 24.3 Å². The molecule has 2 amide bonds. The molecule has 9 heteroatoms. The van der Waals surface area contributed by atoms with Gasteiger partial charge in [0.05, 0.1) is 29.5 Å². The second kappa shape index (κ2) is 8.41. The zero-order valence-electron chi connectivity index (χ0n) is 17.4. The first kappa shape index (κ1) is 22.3. The molecule has 2 N–H and O–H groups in total. The number of β-lactam (4-membered cyclic amide) rings is 1. The summed E-state index contributed by atoms with van der Waals surface area (Å²) in [7, 11) is 0. The van der Waals surface area contributed by atoms with E-state index in [1.165, 1.54) is 6.92 Å². The predicted molar refractivity (Wildman–Crippen MR) is 110 cm³/mol. The van der Waals surface area contributed by atoms with E-state index in [0.29, 0.717) is 13.1 Å². The Balaban J connectivity index is 2.08. The highest BCUT2D eigenvalue weighted by Crippen LogP contribution is 2.50. The molecule has 162 valence electrons. The van der Waals surface area contributed by atoms with Crippen molar-refractivity contribution in [2.75, 3.05) is 13.1 Å². The number of benzene rings is 1. The van der Waals surface area contributed by atoms with Crippen LogP contribution in [0, 0.1) is 11.8 Å². The average Bonchev–Trinajstić information content (AvgIpc) is 2.96. The van der Waals surface area contributed by atoms with Gasteiger partial charge in [-0.2, -0.15) is 0 Å². The monoisotopic (exact) mass is 434 g/mol. The van der Waals surface area contributed by atoms with Gasteiger partial charge in [0.1, 0.15) is 0 Å². The van der Waals surface area contributed by atoms with Gasteiger partial charge in [0.2, 0.25) is 5.91 Å². The molecule has 8 nitrogen and oxygen atoms in total. The minimum atomic E-state index is -1.96. The standard InChI is InChI=1S/C21H26N2O6S/c1-5-22(6-2)19(25)13-9-7-8-10-14(13)30(29)18-11(3)16-15(12(4)24)20(26)23(16)17(18)21(27)28/h7-12,15-16,24H,5-6H2,1-4H3,(H,27,28)/t11-,12-,15-,16-,30?/m1/s1. The number of amides is 2. The summed E-state index contributed by atoms with van der Waals surface area (Å²) in [6.45, 7) is 7.85. The molecular formula is C21H26N2O6S. The molecule has 30 heavy (non-hydrogen) atoms. The van der Waals surface area contributed by atoms with Gasteiger partial charge in [-0.15, -0.1) is 0 Å². The third-order valence-electron chi connectivity index (χ3n) is 5.88. The first-order valence-corrected chi connectivity index (χ1v) is 11.1. The van der Waals surface area contributed by atoms with Crippen molar-refractivity contribution in [2.24, 2.45) is 11.8 Å². The zero-order chi connectivity index (χ0) is 22.3. The van der Waals surface area contributed by atoms with E-state index >= 15 is 0 Å². The van der Waals surface area contributed by atoms with Crippen molar-refractivity contribution in [3.63, 3.8) is 0 Å². The van der Waals surface area contributed by atoms with Gasteiger partial charge < -0.3 is 19.7 Å². The number of hydrogen-bond acceptors (Lipinski definition) is 5. The summed E-state index contributed by atoms with van der Waals surface area (Å²) in [4.78, 5) is 40.5. The molecule has 0 spiro atoms. The number of carboxylic acid groups (broad SMARTS) is 1. The summed E-state index contributed by atoms with van der Waals surface area (Å²) in [5, 5.41) is 19.7. The topological polar surface area (TPSA) is 121 Å². The SMILES string of the molecule is CCN(CC)C(=O)c1ccccc1[S+]([O-])C1=C(C(=O)O)N2C(=O)[C@H]([C@@H](C)O)[C@H]2[C@H]1C. The average molecular weight is 435 g/mol. The molecular weight excluding hydrogens is 408 g/mol. The van der Waals surface area contributed by atoms with E-state index in [1.54, 1.807) is 36.1 Å². The lowest BCUT2D eigenvalue weighted by Crippen LogP contribution is -2.63. The fraction of sp³-hybridized carbons (Fsp3) is 0.476. The van der Waals surface area contributed by atoms with Crippen molar-refractivity contribution in [3.8, 4) is 0 Å². The Bertz CT molecular complexity index is 911. The summed E-state index contributed by atoms with van der Waals surface area (Å²) in [6, 6.07) is 5.88. The van der Waals surface area contributed by atoms with Crippen LogP contribution < -0.4 is 0 Å². The molecule has 0 radical (unpaired) electrons. The molecule has 2 aliphatic rings. The molecule has 2 aliphatic heterocycles. The summed E-state index contributed by atoms with van der Waals surface area (Å²) in [5.74, 6) is -3.40. The largest absolute Gasteiger partial charge is 0.607 e.